The minimum absolute atomic E-state index is 0.129. The Morgan fingerprint density at radius 1 is 1.50 bits per heavy atom. The van der Waals surface area contributed by atoms with Gasteiger partial charge in [-0.25, -0.2) is 5.43 Å². The van der Waals surface area contributed by atoms with E-state index in [1.165, 1.54) is 0 Å². The van der Waals surface area contributed by atoms with Crippen LogP contribution in [0.2, 0.25) is 0 Å². The Bertz CT molecular complexity index is 456. The van der Waals surface area contributed by atoms with Gasteiger partial charge in [0.1, 0.15) is 12.0 Å². The van der Waals surface area contributed by atoms with E-state index >= 15 is 0 Å². The molecule has 4 heteroatoms. The molecule has 3 rings (SSSR count). The quantitative estimate of drug-likeness (QED) is 0.751. The molecule has 84 valence electrons. The van der Waals surface area contributed by atoms with Gasteiger partial charge in [0.2, 0.25) is 0 Å². The first-order valence-electron chi connectivity index (χ1n) is 5.44. The summed E-state index contributed by atoms with van der Waals surface area (Å²) < 4.78 is 5.55. The van der Waals surface area contributed by atoms with E-state index in [-0.39, 0.29) is 6.23 Å². The standard InChI is InChI=1S/C12H14N2O2/c1-8-6-9(2-3-11(8)15)10-7-16-12-4-5-13-14(10)12/h2-3,6-7,12-13,15H,4-5H2,1H3. The molecular formula is C12H14N2O2. The summed E-state index contributed by atoms with van der Waals surface area (Å²) in [5.74, 6) is 0.328. The van der Waals surface area contributed by atoms with Crippen LogP contribution in [0.5, 0.6) is 5.75 Å². The van der Waals surface area contributed by atoms with Crippen LogP contribution in [-0.4, -0.2) is 22.9 Å². The molecule has 1 saturated heterocycles. The molecule has 2 aliphatic rings. The maximum absolute atomic E-state index is 9.49. The molecule has 2 aliphatic heterocycles. The minimum atomic E-state index is 0.129. The molecule has 1 unspecified atom stereocenters. The number of hydrazine groups is 1. The molecule has 1 fully saturated rings. The van der Waals surface area contributed by atoms with Gasteiger partial charge in [-0.3, -0.25) is 5.01 Å². The molecule has 4 nitrogen and oxygen atoms in total. The number of hydrogen-bond acceptors (Lipinski definition) is 4. The third kappa shape index (κ3) is 1.34. The van der Waals surface area contributed by atoms with Crippen molar-refractivity contribution in [2.75, 3.05) is 6.54 Å². The second-order valence-corrected chi connectivity index (χ2v) is 4.16. The van der Waals surface area contributed by atoms with Crippen molar-refractivity contribution in [3.05, 3.63) is 35.6 Å². The summed E-state index contributed by atoms with van der Waals surface area (Å²) in [5, 5.41) is 11.5. The number of nitrogens with zero attached hydrogens (tertiary/aromatic N) is 1. The summed E-state index contributed by atoms with van der Waals surface area (Å²) in [7, 11) is 0. The van der Waals surface area contributed by atoms with Gasteiger partial charge in [0.05, 0.1) is 5.70 Å². The van der Waals surface area contributed by atoms with Gasteiger partial charge in [0.25, 0.3) is 0 Å². The summed E-state index contributed by atoms with van der Waals surface area (Å²) in [6.45, 7) is 2.84. The summed E-state index contributed by atoms with van der Waals surface area (Å²) in [5.41, 5.74) is 6.25. The summed E-state index contributed by atoms with van der Waals surface area (Å²) in [4.78, 5) is 0. The van der Waals surface area contributed by atoms with Crippen molar-refractivity contribution in [1.82, 2.24) is 10.4 Å². The summed E-state index contributed by atoms with van der Waals surface area (Å²) in [6, 6.07) is 5.59. The minimum Gasteiger partial charge on any atom is -0.508 e. The Morgan fingerprint density at radius 3 is 3.19 bits per heavy atom. The summed E-state index contributed by atoms with van der Waals surface area (Å²) in [6.07, 6.45) is 2.91. The van der Waals surface area contributed by atoms with Gasteiger partial charge in [-0.15, -0.1) is 0 Å². The molecule has 2 N–H and O–H groups in total. The number of aromatic hydroxyl groups is 1. The van der Waals surface area contributed by atoms with Crippen molar-refractivity contribution in [3.8, 4) is 5.75 Å². The van der Waals surface area contributed by atoms with E-state index in [2.05, 4.69) is 5.43 Å². The number of ether oxygens (including phenoxy) is 1. The molecule has 0 radical (unpaired) electrons. The fourth-order valence-corrected chi connectivity index (χ4v) is 2.13. The van der Waals surface area contributed by atoms with Crippen LogP contribution in [0.1, 0.15) is 17.5 Å². The lowest BCUT2D eigenvalue weighted by Gasteiger charge is -2.19. The SMILES string of the molecule is Cc1cc(C2=COC3CCNN23)ccc1O. The van der Waals surface area contributed by atoms with Gasteiger partial charge < -0.3 is 9.84 Å². The van der Waals surface area contributed by atoms with Crippen LogP contribution < -0.4 is 5.43 Å². The van der Waals surface area contributed by atoms with Gasteiger partial charge in [-0.1, -0.05) is 0 Å². The van der Waals surface area contributed by atoms with Crippen molar-refractivity contribution in [2.45, 2.75) is 19.6 Å². The molecule has 0 amide bonds. The fourth-order valence-electron chi connectivity index (χ4n) is 2.13. The van der Waals surface area contributed by atoms with Crippen LogP contribution in [0, 0.1) is 6.92 Å². The Hall–Kier alpha value is -1.68. The van der Waals surface area contributed by atoms with Gasteiger partial charge >= 0.3 is 0 Å². The zero-order chi connectivity index (χ0) is 11.1. The average Bonchev–Trinajstić information content (AvgIpc) is 2.83. The molecule has 2 heterocycles. The maximum Gasteiger partial charge on any atom is 0.186 e. The summed E-state index contributed by atoms with van der Waals surface area (Å²) >= 11 is 0. The number of phenolic OH excluding ortho intramolecular Hbond substituents is 1. The van der Waals surface area contributed by atoms with Crippen molar-refractivity contribution in [1.29, 1.82) is 0 Å². The number of hydrogen-bond donors (Lipinski definition) is 2. The Balaban J connectivity index is 1.95. The van der Waals surface area contributed by atoms with E-state index in [9.17, 15) is 5.11 Å². The molecule has 0 aliphatic carbocycles. The van der Waals surface area contributed by atoms with Crippen LogP contribution in [0.15, 0.2) is 24.5 Å². The molecule has 0 saturated carbocycles. The molecule has 0 bridgehead atoms. The highest BCUT2D eigenvalue weighted by molar-refractivity contribution is 5.66. The van der Waals surface area contributed by atoms with Crippen molar-refractivity contribution in [3.63, 3.8) is 0 Å². The van der Waals surface area contributed by atoms with E-state index < -0.39 is 0 Å². The Kier molecular flexibility index (Phi) is 2.04. The topological polar surface area (TPSA) is 44.7 Å². The lowest BCUT2D eigenvalue weighted by molar-refractivity contribution is 0.0744. The fraction of sp³-hybridized carbons (Fsp3) is 0.333. The van der Waals surface area contributed by atoms with Crippen molar-refractivity contribution >= 4 is 5.70 Å². The predicted octanol–water partition coefficient (Wildman–Crippen LogP) is 1.57. The molecule has 0 aromatic heterocycles. The molecule has 1 atom stereocenters. The molecule has 0 spiro atoms. The zero-order valence-corrected chi connectivity index (χ0v) is 9.10. The van der Waals surface area contributed by atoms with E-state index in [0.29, 0.717) is 5.75 Å². The number of phenols is 1. The van der Waals surface area contributed by atoms with Crippen LogP contribution in [-0.2, 0) is 4.74 Å². The Labute approximate surface area is 94.1 Å². The third-order valence-electron chi connectivity index (χ3n) is 3.05. The number of benzene rings is 1. The smallest absolute Gasteiger partial charge is 0.186 e. The highest BCUT2D eigenvalue weighted by Gasteiger charge is 2.32. The van der Waals surface area contributed by atoms with Gasteiger partial charge in [0.15, 0.2) is 6.23 Å². The Morgan fingerprint density at radius 2 is 2.38 bits per heavy atom. The second kappa shape index (κ2) is 3.42. The van der Waals surface area contributed by atoms with Gasteiger partial charge in [-0.05, 0) is 30.7 Å². The average molecular weight is 218 g/mol. The number of nitrogens with one attached hydrogen (secondary N) is 1. The van der Waals surface area contributed by atoms with E-state index in [0.717, 1.165) is 29.8 Å². The highest BCUT2D eigenvalue weighted by atomic mass is 16.5. The molecule has 1 aromatic carbocycles. The van der Waals surface area contributed by atoms with Gasteiger partial charge in [0, 0.05) is 18.5 Å². The second-order valence-electron chi connectivity index (χ2n) is 4.16. The first-order valence-corrected chi connectivity index (χ1v) is 5.44. The number of rotatable bonds is 1. The normalized spacial score (nSPS) is 22.9. The van der Waals surface area contributed by atoms with E-state index in [4.69, 9.17) is 4.74 Å². The van der Waals surface area contributed by atoms with Crippen LogP contribution in [0.4, 0.5) is 0 Å². The first kappa shape index (κ1) is 9.54. The highest BCUT2D eigenvalue weighted by Crippen LogP contribution is 2.32. The van der Waals surface area contributed by atoms with Crippen molar-refractivity contribution in [2.24, 2.45) is 0 Å². The lowest BCUT2D eigenvalue weighted by Crippen LogP contribution is -2.32. The monoisotopic (exact) mass is 218 g/mol. The van der Waals surface area contributed by atoms with Crippen LogP contribution in [0.3, 0.4) is 0 Å². The maximum atomic E-state index is 9.49. The molecule has 16 heavy (non-hydrogen) atoms. The van der Waals surface area contributed by atoms with Crippen LogP contribution in [0.25, 0.3) is 5.70 Å². The molecule has 1 aromatic rings. The van der Waals surface area contributed by atoms with Crippen molar-refractivity contribution < 1.29 is 9.84 Å². The number of fused-ring (bicyclic) bond motifs is 1. The largest absolute Gasteiger partial charge is 0.508 e. The van der Waals surface area contributed by atoms with E-state index in [1.807, 2.05) is 24.1 Å². The number of aryl methyl sites for hydroxylation is 1. The third-order valence-corrected chi connectivity index (χ3v) is 3.05. The van der Waals surface area contributed by atoms with Crippen LogP contribution >= 0.6 is 0 Å². The van der Waals surface area contributed by atoms with Gasteiger partial charge in [-0.2, -0.15) is 0 Å². The zero-order valence-electron chi connectivity index (χ0n) is 9.10. The molecular weight excluding hydrogens is 204 g/mol. The predicted molar refractivity (Wildman–Crippen MR) is 60.2 cm³/mol. The lowest BCUT2D eigenvalue weighted by atomic mass is 10.1. The van der Waals surface area contributed by atoms with E-state index in [1.54, 1.807) is 12.3 Å². The first-order chi connectivity index (χ1) is 7.75.